The van der Waals surface area contributed by atoms with Crippen LogP contribution in [-0.2, 0) is 0 Å². The molecule has 100 valence electrons. The van der Waals surface area contributed by atoms with E-state index >= 15 is 0 Å². The molecule has 0 aliphatic heterocycles. The minimum absolute atomic E-state index is 0.299. The molecule has 0 spiro atoms. The van der Waals surface area contributed by atoms with Crippen molar-refractivity contribution in [3.63, 3.8) is 0 Å². The molecule has 0 radical (unpaired) electrons. The Morgan fingerprint density at radius 2 is 1.95 bits per heavy atom. The summed E-state index contributed by atoms with van der Waals surface area (Å²) >= 11 is 0. The molecule has 0 amide bonds. The van der Waals surface area contributed by atoms with Crippen molar-refractivity contribution >= 4 is 17.4 Å². The smallest absolute Gasteiger partial charge is 0.299 e. The van der Waals surface area contributed by atoms with Crippen LogP contribution in [0.15, 0.2) is 59.1 Å². The van der Waals surface area contributed by atoms with Crippen molar-refractivity contribution in [2.45, 2.75) is 0 Å². The average molecular weight is 269 g/mol. The number of rotatable bonds is 3. The number of hydrogen-bond donors (Lipinski definition) is 2. The second-order valence-electron chi connectivity index (χ2n) is 4.29. The lowest BCUT2D eigenvalue weighted by Crippen LogP contribution is -1.90. The van der Waals surface area contributed by atoms with Crippen LogP contribution in [0.1, 0.15) is 0 Å². The highest BCUT2D eigenvalue weighted by Gasteiger charge is 2.07. The molecule has 3 rings (SSSR count). The topological polar surface area (TPSA) is 64.1 Å². The van der Waals surface area contributed by atoms with Gasteiger partial charge in [-0.1, -0.05) is 18.2 Å². The first-order valence-electron chi connectivity index (χ1n) is 6.05. The second-order valence-corrected chi connectivity index (χ2v) is 4.29. The Kier molecular flexibility index (Phi) is 3.09. The third-order valence-electron chi connectivity index (χ3n) is 2.75. The first-order chi connectivity index (χ1) is 9.70. The molecule has 0 aliphatic carbocycles. The maximum atomic E-state index is 13.1. The third kappa shape index (κ3) is 2.61. The van der Waals surface area contributed by atoms with Crippen LogP contribution >= 0.6 is 0 Å². The lowest BCUT2D eigenvalue weighted by Gasteiger charge is -2.01. The predicted octanol–water partition coefficient (Wildman–Crippen LogP) is 3.81. The quantitative estimate of drug-likeness (QED) is 0.710. The zero-order chi connectivity index (χ0) is 13.9. The number of halogens is 1. The Balaban J connectivity index is 1.84. The summed E-state index contributed by atoms with van der Waals surface area (Å²) in [4.78, 5) is 4.11. The van der Waals surface area contributed by atoms with Crippen LogP contribution in [0.5, 0.6) is 0 Å². The minimum Gasteiger partial charge on any atom is -0.423 e. The van der Waals surface area contributed by atoms with Crippen LogP contribution in [0.2, 0.25) is 0 Å². The molecule has 1 heterocycles. The van der Waals surface area contributed by atoms with Crippen molar-refractivity contribution in [1.82, 2.24) is 4.98 Å². The van der Waals surface area contributed by atoms with E-state index in [0.717, 1.165) is 5.56 Å². The number of nitrogen functional groups attached to an aromatic ring is 1. The maximum Gasteiger partial charge on any atom is 0.299 e. The Morgan fingerprint density at radius 1 is 1.10 bits per heavy atom. The van der Waals surface area contributed by atoms with Gasteiger partial charge in [0.1, 0.15) is 5.82 Å². The second kappa shape index (κ2) is 5.05. The van der Waals surface area contributed by atoms with Gasteiger partial charge in [0.25, 0.3) is 6.01 Å². The summed E-state index contributed by atoms with van der Waals surface area (Å²) in [6.45, 7) is 0. The van der Waals surface area contributed by atoms with Gasteiger partial charge >= 0.3 is 0 Å². The highest BCUT2D eigenvalue weighted by Crippen LogP contribution is 2.25. The van der Waals surface area contributed by atoms with Crippen molar-refractivity contribution in [2.24, 2.45) is 0 Å². The van der Waals surface area contributed by atoms with Gasteiger partial charge in [0, 0.05) is 16.9 Å². The Morgan fingerprint density at radius 3 is 2.75 bits per heavy atom. The fourth-order valence-corrected chi connectivity index (χ4v) is 1.85. The Labute approximate surface area is 115 Å². The van der Waals surface area contributed by atoms with E-state index in [1.54, 1.807) is 30.5 Å². The summed E-state index contributed by atoms with van der Waals surface area (Å²) < 4.78 is 18.6. The first kappa shape index (κ1) is 12.2. The monoisotopic (exact) mass is 269 g/mol. The average Bonchev–Trinajstić information content (AvgIpc) is 2.87. The van der Waals surface area contributed by atoms with E-state index < -0.39 is 0 Å². The van der Waals surface area contributed by atoms with E-state index in [0.29, 0.717) is 23.1 Å². The number of nitrogens with two attached hydrogens (primary N) is 1. The molecule has 0 bridgehead atoms. The van der Waals surface area contributed by atoms with E-state index in [9.17, 15) is 4.39 Å². The van der Waals surface area contributed by atoms with Gasteiger partial charge in [-0.25, -0.2) is 9.37 Å². The van der Waals surface area contributed by atoms with E-state index in [4.69, 9.17) is 10.2 Å². The molecule has 4 nitrogen and oxygen atoms in total. The van der Waals surface area contributed by atoms with Crippen molar-refractivity contribution in [2.75, 3.05) is 11.1 Å². The minimum atomic E-state index is -0.322. The number of anilines is 3. The number of aromatic nitrogens is 1. The van der Waals surface area contributed by atoms with E-state index in [1.165, 1.54) is 12.1 Å². The standard InChI is InChI=1S/C15H12FN3O/c16-11-4-2-6-13(8-11)19-15-18-9-14(20-15)10-3-1-5-12(17)7-10/h1-9H,17H2,(H,18,19). The molecule has 5 heteroatoms. The number of oxazole rings is 1. The zero-order valence-corrected chi connectivity index (χ0v) is 10.5. The molecular weight excluding hydrogens is 257 g/mol. The Hall–Kier alpha value is -2.82. The molecule has 2 aromatic carbocycles. The summed E-state index contributed by atoms with van der Waals surface area (Å²) in [6.07, 6.45) is 1.59. The molecule has 0 saturated heterocycles. The fourth-order valence-electron chi connectivity index (χ4n) is 1.85. The highest BCUT2D eigenvalue weighted by atomic mass is 19.1. The van der Waals surface area contributed by atoms with E-state index in [2.05, 4.69) is 10.3 Å². The van der Waals surface area contributed by atoms with Crippen molar-refractivity contribution in [3.8, 4) is 11.3 Å². The van der Waals surface area contributed by atoms with Crippen LogP contribution in [-0.4, -0.2) is 4.98 Å². The fraction of sp³-hybridized carbons (Fsp3) is 0. The Bertz CT molecular complexity index is 739. The van der Waals surface area contributed by atoms with Gasteiger partial charge < -0.3 is 15.5 Å². The molecule has 0 fully saturated rings. The predicted molar refractivity (Wildman–Crippen MR) is 76.0 cm³/mol. The van der Waals surface area contributed by atoms with Crippen LogP contribution in [0, 0.1) is 5.82 Å². The van der Waals surface area contributed by atoms with Crippen molar-refractivity contribution in [3.05, 3.63) is 60.5 Å². The number of benzene rings is 2. The summed E-state index contributed by atoms with van der Waals surface area (Å²) in [6, 6.07) is 13.7. The summed E-state index contributed by atoms with van der Waals surface area (Å²) in [7, 11) is 0. The zero-order valence-electron chi connectivity index (χ0n) is 10.5. The normalized spacial score (nSPS) is 10.4. The van der Waals surface area contributed by atoms with Gasteiger partial charge in [-0.15, -0.1) is 0 Å². The molecule has 0 atom stereocenters. The molecule has 1 aromatic heterocycles. The van der Waals surface area contributed by atoms with Gasteiger partial charge in [0.2, 0.25) is 0 Å². The summed E-state index contributed by atoms with van der Waals surface area (Å²) in [5, 5.41) is 2.90. The van der Waals surface area contributed by atoms with E-state index in [1.807, 2.05) is 12.1 Å². The summed E-state index contributed by atoms with van der Waals surface area (Å²) in [5.74, 6) is 0.272. The maximum absolute atomic E-state index is 13.1. The number of nitrogens with one attached hydrogen (secondary N) is 1. The molecular formula is C15H12FN3O. The largest absolute Gasteiger partial charge is 0.423 e. The lowest BCUT2D eigenvalue weighted by molar-refractivity contribution is 0.591. The molecule has 3 aromatic rings. The van der Waals surface area contributed by atoms with E-state index in [-0.39, 0.29) is 5.82 Å². The first-order valence-corrected chi connectivity index (χ1v) is 6.05. The third-order valence-corrected chi connectivity index (χ3v) is 2.75. The van der Waals surface area contributed by atoms with Crippen LogP contribution in [0.4, 0.5) is 21.8 Å². The molecule has 0 aliphatic rings. The van der Waals surface area contributed by atoms with Gasteiger partial charge in [0.05, 0.1) is 6.20 Å². The molecule has 0 unspecified atom stereocenters. The number of nitrogens with zero attached hydrogens (tertiary/aromatic N) is 1. The van der Waals surface area contributed by atoms with Crippen LogP contribution in [0.25, 0.3) is 11.3 Å². The van der Waals surface area contributed by atoms with Gasteiger partial charge in [0.15, 0.2) is 5.76 Å². The van der Waals surface area contributed by atoms with Crippen molar-refractivity contribution in [1.29, 1.82) is 0 Å². The van der Waals surface area contributed by atoms with Crippen molar-refractivity contribution < 1.29 is 8.81 Å². The van der Waals surface area contributed by atoms with Crippen LogP contribution < -0.4 is 11.1 Å². The van der Waals surface area contributed by atoms with Gasteiger partial charge in [-0.3, -0.25) is 0 Å². The summed E-state index contributed by atoms with van der Waals surface area (Å²) in [5.41, 5.74) is 7.79. The molecule has 20 heavy (non-hydrogen) atoms. The van der Waals surface area contributed by atoms with Gasteiger partial charge in [-0.05, 0) is 30.3 Å². The molecule has 0 saturated carbocycles. The highest BCUT2D eigenvalue weighted by molar-refractivity contribution is 5.63. The molecule has 3 N–H and O–H groups in total. The number of hydrogen-bond acceptors (Lipinski definition) is 4. The van der Waals surface area contributed by atoms with Crippen LogP contribution in [0.3, 0.4) is 0 Å². The SMILES string of the molecule is Nc1cccc(-c2cnc(Nc3cccc(F)c3)o2)c1. The van der Waals surface area contributed by atoms with Gasteiger partial charge in [-0.2, -0.15) is 0 Å². The lowest BCUT2D eigenvalue weighted by atomic mass is 10.2.